The van der Waals surface area contributed by atoms with Gasteiger partial charge in [0.1, 0.15) is 0 Å². The van der Waals surface area contributed by atoms with Crippen molar-refractivity contribution in [3.05, 3.63) is 59.1 Å². The summed E-state index contributed by atoms with van der Waals surface area (Å²) in [5, 5.41) is 6.44. The predicted molar refractivity (Wildman–Crippen MR) is 91.3 cm³/mol. The topological polar surface area (TPSA) is 27.8 Å². The number of benzene rings is 2. The number of aromatic nitrogens is 1. The number of nitrogens with one attached hydrogen (secondary N) is 2. The van der Waals surface area contributed by atoms with Gasteiger partial charge in [0.25, 0.3) is 0 Å². The fourth-order valence-corrected chi connectivity index (χ4v) is 3.42. The van der Waals surface area contributed by atoms with E-state index >= 15 is 0 Å². The summed E-state index contributed by atoms with van der Waals surface area (Å²) in [4.78, 5) is 4.48. The fourth-order valence-electron chi connectivity index (χ4n) is 2.23. The molecule has 0 bridgehead atoms. The lowest BCUT2D eigenvalue weighted by Gasteiger charge is -2.06. The molecular weight excluding hydrogens is 300 g/mol. The molecule has 0 fully saturated rings. The number of H-pyrrole nitrogens is 1. The minimum absolute atomic E-state index is 0.800. The van der Waals surface area contributed by atoms with Gasteiger partial charge in [0.15, 0.2) is 0 Å². The van der Waals surface area contributed by atoms with Crippen LogP contribution in [0.15, 0.2) is 58.5 Å². The second-order valence-electron chi connectivity index (χ2n) is 4.87. The van der Waals surface area contributed by atoms with Crippen molar-refractivity contribution in [1.29, 1.82) is 0 Å². The Hall–Kier alpha value is -1.42. The Morgan fingerprint density at radius 3 is 2.76 bits per heavy atom. The molecule has 0 saturated carbocycles. The van der Waals surface area contributed by atoms with Gasteiger partial charge >= 0.3 is 0 Å². The van der Waals surface area contributed by atoms with Crippen molar-refractivity contribution in [3.63, 3.8) is 0 Å². The largest absolute Gasteiger partial charge is 0.349 e. The lowest BCUT2D eigenvalue weighted by atomic mass is 10.2. The number of fused-ring (bicyclic) bond motifs is 1. The summed E-state index contributed by atoms with van der Waals surface area (Å²) in [7, 11) is 0. The molecule has 0 spiro atoms. The molecule has 1 aromatic heterocycles. The van der Waals surface area contributed by atoms with Gasteiger partial charge in [-0.15, -0.1) is 0 Å². The molecule has 1 heterocycles. The Morgan fingerprint density at radius 2 is 2.00 bits per heavy atom. The fraction of sp³-hybridized carbons (Fsp3) is 0.176. The Morgan fingerprint density at radius 1 is 1.14 bits per heavy atom. The quantitative estimate of drug-likeness (QED) is 0.687. The summed E-state index contributed by atoms with van der Waals surface area (Å²) in [6, 6.07) is 16.7. The van der Waals surface area contributed by atoms with E-state index < -0.39 is 0 Å². The van der Waals surface area contributed by atoms with E-state index in [1.165, 1.54) is 10.9 Å². The highest BCUT2D eigenvalue weighted by Crippen LogP contribution is 2.34. The smallest absolute Gasteiger partial charge is 0.0781 e. The average Bonchev–Trinajstić information content (AvgIpc) is 2.90. The third kappa shape index (κ3) is 3.43. The number of aromatic amines is 1. The van der Waals surface area contributed by atoms with Gasteiger partial charge in [-0.2, -0.15) is 0 Å². The van der Waals surface area contributed by atoms with Gasteiger partial charge in [-0.25, -0.2) is 0 Å². The van der Waals surface area contributed by atoms with Gasteiger partial charge in [0.2, 0.25) is 0 Å². The zero-order valence-electron chi connectivity index (χ0n) is 11.8. The van der Waals surface area contributed by atoms with Crippen LogP contribution in [0.3, 0.4) is 0 Å². The van der Waals surface area contributed by atoms with Crippen LogP contribution in [0.1, 0.15) is 12.5 Å². The first-order valence-electron chi connectivity index (χ1n) is 7.01. The molecule has 0 radical (unpaired) electrons. The molecular formula is C17H17ClN2S. The summed E-state index contributed by atoms with van der Waals surface area (Å²) in [5.74, 6) is 0. The van der Waals surface area contributed by atoms with Crippen molar-refractivity contribution >= 4 is 34.3 Å². The number of para-hydroxylation sites is 1. The Balaban J connectivity index is 1.80. The standard InChI is InChI=1S/C17H17ClN2S/c1-2-19-11-12-7-8-16(14(18)9-12)21-17-10-13-5-3-4-6-15(13)20-17/h3-10,19-20H,2,11H2,1H3. The molecule has 21 heavy (non-hydrogen) atoms. The zero-order valence-corrected chi connectivity index (χ0v) is 13.4. The molecule has 3 rings (SSSR count). The first-order valence-corrected chi connectivity index (χ1v) is 8.20. The van der Waals surface area contributed by atoms with Gasteiger partial charge in [0.05, 0.1) is 10.0 Å². The minimum atomic E-state index is 0.800. The van der Waals surface area contributed by atoms with Crippen LogP contribution in [-0.2, 0) is 6.54 Å². The van der Waals surface area contributed by atoms with E-state index in [-0.39, 0.29) is 0 Å². The third-order valence-electron chi connectivity index (χ3n) is 3.30. The van der Waals surface area contributed by atoms with Gasteiger partial charge in [-0.05, 0) is 36.4 Å². The molecule has 0 aliphatic rings. The van der Waals surface area contributed by atoms with Crippen molar-refractivity contribution in [2.45, 2.75) is 23.4 Å². The lowest BCUT2D eigenvalue weighted by molar-refractivity contribution is 0.726. The number of rotatable bonds is 5. The third-order valence-corrected chi connectivity index (χ3v) is 4.74. The summed E-state index contributed by atoms with van der Waals surface area (Å²) in [6.07, 6.45) is 0. The van der Waals surface area contributed by atoms with Crippen LogP contribution < -0.4 is 5.32 Å². The van der Waals surface area contributed by atoms with E-state index in [0.29, 0.717) is 0 Å². The molecule has 2 nitrogen and oxygen atoms in total. The maximum atomic E-state index is 6.39. The van der Waals surface area contributed by atoms with Crippen LogP contribution >= 0.6 is 23.4 Å². The number of halogens is 1. The Bertz CT molecular complexity index is 718. The molecule has 3 aromatic rings. The normalized spacial score (nSPS) is 11.1. The summed E-state index contributed by atoms with van der Waals surface area (Å²) in [6.45, 7) is 3.92. The maximum absolute atomic E-state index is 6.39. The first kappa shape index (κ1) is 14.5. The van der Waals surface area contributed by atoms with Gasteiger partial charge < -0.3 is 10.3 Å². The summed E-state index contributed by atoms with van der Waals surface area (Å²) >= 11 is 8.06. The van der Waals surface area contributed by atoms with Crippen molar-refractivity contribution in [1.82, 2.24) is 10.3 Å². The second-order valence-corrected chi connectivity index (χ2v) is 6.36. The molecule has 2 N–H and O–H groups in total. The minimum Gasteiger partial charge on any atom is -0.349 e. The molecule has 108 valence electrons. The van der Waals surface area contributed by atoms with Gasteiger partial charge in [-0.3, -0.25) is 0 Å². The molecule has 4 heteroatoms. The van der Waals surface area contributed by atoms with Crippen LogP contribution in [0, 0.1) is 0 Å². The molecule has 0 saturated heterocycles. The first-order chi connectivity index (χ1) is 10.3. The SMILES string of the molecule is CCNCc1ccc(Sc2cc3ccccc3[nH]2)c(Cl)c1. The van der Waals surface area contributed by atoms with Crippen LogP contribution in [-0.4, -0.2) is 11.5 Å². The lowest BCUT2D eigenvalue weighted by Crippen LogP contribution is -2.11. The van der Waals surface area contributed by atoms with Crippen molar-refractivity contribution in [2.75, 3.05) is 6.54 Å². The van der Waals surface area contributed by atoms with Crippen LogP contribution in [0.4, 0.5) is 0 Å². The predicted octanol–water partition coefficient (Wildman–Crippen LogP) is 5.08. The second kappa shape index (κ2) is 6.56. The van der Waals surface area contributed by atoms with E-state index in [4.69, 9.17) is 11.6 Å². The van der Waals surface area contributed by atoms with Crippen molar-refractivity contribution in [3.8, 4) is 0 Å². The molecule has 0 aliphatic heterocycles. The molecule has 0 amide bonds. The summed E-state index contributed by atoms with van der Waals surface area (Å²) in [5.41, 5.74) is 2.36. The number of hydrogen-bond acceptors (Lipinski definition) is 2. The van der Waals surface area contributed by atoms with E-state index in [9.17, 15) is 0 Å². The maximum Gasteiger partial charge on any atom is 0.0781 e. The Labute approximate surface area is 133 Å². The van der Waals surface area contributed by atoms with Crippen LogP contribution in [0.5, 0.6) is 0 Å². The molecule has 0 atom stereocenters. The van der Waals surface area contributed by atoms with E-state index in [0.717, 1.165) is 33.6 Å². The van der Waals surface area contributed by atoms with Crippen LogP contribution in [0.25, 0.3) is 10.9 Å². The van der Waals surface area contributed by atoms with Gasteiger partial charge in [-0.1, -0.05) is 54.6 Å². The average molecular weight is 317 g/mol. The van der Waals surface area contributed by atoms with E-state index in [2.05, 4.69) is 47.6 Å². The highest BCUT2D eigenvalue weighted by molar-refractivity contribution is 7.99. The van der Waals surface area contributed by atoms with E-state index in [1.807, 2.05) is 18.2 Å². The van der Waals surface area contributed by atoms with Crippen LogP contribution in [0.2, 0.25) is 5.02 Å². The molecule has 0 aliphatic carbocycles. The monoisotopic (exact) mass is 316 g/mol. The highest BCUT2D eigenvalue weighted by Gasteiger charge is 2.06. The van der Waals surface area contributed by atoms with Gasteiger partial charge in [0, 0.05) is 22.3 Å². The molecule has 0 unspecified atom stereocenters. The Kier molecular flexibility index (Phi) is 4.54. The summed E-state index contributed by atoms with van der Waals surface area (Å²) < 4.78 is 0. The van der Waals surface area contributed by atoms with Crippen molar-refractivity contribution < 1.29 is 0 Å². The van der Waals surface area contributed by atoms with Crippen molar-refractivity contribution in [2.24, 2.45) is 0 Å². The molecule has 2 aromatic carbocycles. The highest BCUT2D eigenvalue weighted by atomic mass is 35.5. The number of hydrogen-bond donors (Lipinski definition) is 2. The zero-order chi connectivity index (χ0) is 14.7. The van der Waals surface area contributed by atoms with E-state index in [1.54, 1.807) is 11.8 Å².